The highest BCUT2D eigenvalue weighted by Crippen LogP contribution is 2.10. The molecular weight excluding hydrogens is 242 g/mol. The van der Waals surface area contributed by atoms with E-state index in [9.17, 15) is 9.59 Å². The molecule has 0 radical (unpaired) electrons. The van der Waals surface area contributed by atoms with Crippen LogP contribution in [0.25, 0.3) is 0 Å². The molecule has 1 aromatic rings. The Kier molecular flexibility index (Phi) is 4.52. The number of nitrogens with one attached hydrogen (secondary N) is 2. The first kappa shape index (κ1) is 13.5. The summed E-state index contributed by atoms with van der Waals surface area (Å²) in [6.45, 7) is 3.32. The van der Waals surface area contributed by atoms with E-state index >= 15 is 0 Å². The Labute approximate surface area is 112 Å². The number of carbonyl (C=O) groups is 2. The maximum atomic E-state index is 11.8. The molecule has 102 valence electrons. The van der Waals surface area contributed by atoms with E-state index in [1.54, 1.807) is 24.3 Å². The van der Waals surface area contributed by atoms with E-state index in [0.29, 0.717) is 11.3 Å². The first-order valence-corrected chi connectivity index (χ1v) is 6.59. The fourth-order valence-corrected chi connectivity index (χ4v) is 2.10. The van der Waals surface area contributed by atoms with Crippen LogP contribution in [0.15, 0.2) is 24.3 Å². The van der Waals surface area contributed by atoms with Gasteiger partial charge in [0.15, 0.2) is 5.78 Å². The number of anilines is 1. The summed E-state index contributed by atoms with van der Waals surface area (Å²) in [6.07, 6.45) is 3.47. The number of urea groups is 1. The van der Waals surface area contributed by atoms with E-state index in [1.165, 1.54) is 13.3 Å². The molecule has 0 unspecified atom stereocenters. The highest BCUT2D eigenvalue weighted by Gasteiger charge is 2.12. The Hall–Kier alpha value is -1.88. The van der Waals surface area contributed by atoms with Crippen LogP contribution in [-0.2, 0) is 0 Å². The van der Waals surface area contributed by atoms with Gasteiger partial charge in [0.05, 0.1) is 0 Å². The molecule has 1 aliphatic heterocycles. The van der Waals surface area contributed by atoms with Crippen molar-refractivity contribution in [2.75, 3.05) is 18.4 Å². The van der Waals surface area contributed by atoms with Crippen LogP contribution < -0.4 is 10.7 Å². The third kappa shape index (κ3) is 4.06. The number of hydrazine groups is 1. The Morgan fingerprint density at radius 2 is 1.68 bits per heavy atom. The number of nitrogens with zero attached hydrogens (tertiary/aromatic N) is 1. The number of carbonyl (C=O) groups excluding carboxylic acids is 2. The lowest BCUT2D eigenvalue weighted by molar-refractivity contribution is 0.101. The fourth-order valence-electron chi connectivity index (χ4n) is 2.10. The maximum absolute atomic E-state index is 11.8. The number of benzene rings is 1. The third-order valence-corrected chi connectivity index (χ3v) is 3.17. The van der Waals surface area contributed by atoms with Crippen LogP contribution in [-0.4, -0.2) is 29.9 Å². The van der Waals surface area contributed by atoms with Crippen molar-refractivity contribution in [1.82, 2.24) is 10.4 Å². The van der Waals surface area contributed by atoms with E-state index < -0.39 is 0 Å². The van der Waals surface area contributed by atoms with Crippen LogP contribution in [0.4, 0.5) is 10.5 Å². The second kappa shape index (κ2) is 6.33. The highest BCUT2D eigenvalue weighted by molar-refractivity contribution is 5.95. The Morgan fingerprint density at radius 1 is 1.05 bits per heavy atom. The summed E-state index contributed by atoms with van der Waals surface area (Å²) in [5.74, 6) is 0.0179. The van der Waals surface area contributed by atoms with Crippen molar-refractivity contribution in [3.05, 3.63) is 29.8 Å². The molecule has 0 aliphatic carbocycles. The monoisotopic (exact) mass is 261 g/mol. The van der Waals surface area contributed by atoms with Gasteiger partial charge in [0.25, 0.3) is 0 Å². The lowest BCUT2D eigenvalue weighted by atomic mass is 10.1. The van der Waals surface area contributed by atoms with Gasteiger partial charge in [-0.05, 0) is 44.0 Å². The molecule has 19 heavy (non-hydrogen) atoms. The first-order chi connectivity index (χ1) is 9.15. The minimum absolute atomic E-state index is 0.0179. The normalized spacial score (nSPS) is 15.8. The van der Waals surface area contributed by atoms with Crippen LogP contribution in [0.1, 0.15) is 36.5 Å². The summed E-state index contributed by atoms with van der Waals surface area (Å²) < 4.78 is 0. The fraction of sp³-hybridized carbons (Fsp3) is 0.429. The van der Waals surface area contributed by atoms with Gasteiger partial charge in [-0.15, -0.1) is 0 Å². The van der Waals surface area contributed by atoms with Crippen LogP contribution >= 0.6 is 0 Å². The zero-order valence-corrected chi connectivity index (χ0v) is 11.1. The van der Waals surface area contributed by atoms with Crippen molar-refractivity contribution in [1.29, 1.82) is 0 Å². The maximum Gasteiger partial charge on any atom is 0.333 e. The van der Waals surface area contributed by atoms with Crippen LogP contribution in [0.2, 0.25) is 0 Å². The second-order valence-corrected chi connectivity index (χ2v) is 4.75. The summed E-state index contributed by atoms with van der Waals surface area (Å²) >= 11 is 0. The van der Waals surface area contributed by atoms with E-state index in [0.717, 1.165) is 25.9 Å². The molecule has 1 aliphatic rings. The van der Waals surface area contributed by atoms with Gasteiger partial charge in [-0.2, -0.15) is 0 Å². The number of rotatable bonds is 3. The van der Waals surface area contributed by atoms with Gasteiger partial charge in [0, 0.05) is 24.3 Å². The van der Waals surface area contributed by atoms with Gasteiger partial charge >= 0.3 is 6.03 Å². The third-order valence-electron chi connectivity index (χ3n) is 3.17. The van der Waals surface area contributed by atoms with Gasteiger partial charge in [-0.3, -0.25) is 10.2 Å². The molecule has 0 saturated carbocycles. The minimum Gasteiger partial charge on any atom is -0.307 e. The lowest BCUT2D eigenvalue weighted by Gasteiger charge is -2.26. The molecule has 0 aromatic heterocycles. The molecule has 0 spiro atoms. The summed E-state index contributed by atoms with van der Waals surface area (Å²) in [7, 11) is 0. The molecule has 0 bridgehead atoms. The lowest BCUT2D eigenvalue weighted by Crippen LogP contribution is -2.46. The molecule has 5 nitrogen and oxygen atoms in total. The molecule has 0 atom stereocenters. The van der Waals surface area contributed by atoms with E-state index in [4.69, 9.17) is 0 Å². The van der Waals surface area contributed by atoms with Gasteiger partial charge in [-0.1, -0.05) is 6.42 Å². The number of amides is 2. The Bertz CT molecular complexity index is 450. The molecule has 1 heterocycles. The van der Waals surface area contributed by atoms with Crippen molar-refractivity contribution in [3.63, 3.8) is 0 Å². The molecule has 1 aromatic carbocycles. The summed E-state index contributed by atoms with van der Waals surface area (Å²) in [6, 6.07) is 6.63. The van der Waals surface area contributed by atoms with Crippen molar-refractivity contribution in [2.45, 2.75) is 26.2 Å². The molecule has 1 fully saturated rings. The number of hydrogen-bond acceptors (Lipinski definition) is 3. The zero-order valence-electron chi connectivity index (χ0n) is 11.1. The number of Topliss-reactive ketones (excluding diaryl/α,β-unsaturated/α-hetero) is 1. The van der Waals surface area contributed by atoms with Crippen molar-refractivity contribution < 1.29 is 9.59 Å². The minimum atomic E-state index is -0.238. The van der Waals surface area contributed by atoms with Gasteiger partial charge in [-0.25, -0.2) is 9.80 Å². The van der Waals surface area contributed by atoms with Gasteiger partial charge in [0.2, 0.25) is 0 Å². The molecule has 1 saturated heterocycles. The summed E-state index contributed by atoms with van der Waals surface area (Å²) in [4.78, 5) is 22.9. The van der Waals surface area contributed by atoms with Gasteiger partial charge < -0.3 is 5.32 Å². The zero-order chi connectivity index (χ0) is 13.7. The topological polar surface area (TPSA) is 61.4 Å². The number of piperidine rings is 1. The van der Waals surface area contributed by atoms with Crippen LogP contribution in [0.5, 0.6) is 0 Å². The largest absolute Gasteiger partial charge is 0.333 e. The van der Waals surface area contributed by atoms with Crippen molar-refractivity contribution >= 4 is 17.5 Å². The average Bonchev–Trinajstić information content (AvgIpc) is 2.40. The van der Waals surface area contributed by atoms with Gasteiger partial charge in [0.1, 0.15) is 0 Å². The predicted molar refractivity (Wildman–Crippen MR) is 74.0 cm³/mol. The van der Waals surface area contributed by atoms with E-state index in [1.807, 2.05) is 5.01 Å². The van der Waals surface area contributed by atoms with E-state index in [-0.39, 0.29) is 11.8 Å². The quantitative estimate of drug-likeness (QED) is 0.821. The summed E-state index contributed by atoms with van der Waals surface area (Å²) in [5, 5.41) is 4.69. The van der Waals surface area contributed by atoms with Crippen molar-refractivity contribution in [3.8, 4) is 0 Å². The number of ketones is 1. The average molecular weight is 261 g/mol. The smallest absolute Gasteiger partial charge is 0.307 e. The Morgan fingerprint density at radius 3 is 2.26 bits per heavy atom. The molecule has 2 amide bonds. The van der Waals surface area contributed by atoms with Crippen LogP contribution in [0, 0.1) is 0 Å². The molecular formula is C14H19N3O2. The second-order valence-electron chi connectivity index (χ2n) is 4.75. The molecule has 2 N–H and O–H groups in total. The Balaban J connectivity index is 1.85. The molecule has 5 heteroatoms. The number of hydrogen-bond donors (Lipinski definition) is 2. The van der Waals surface area contributed by atoms with E-state index in [2.05, 4.69) is 10.7 Å². The summed E-state index contributed by atoms with van der Waals surface area (Å²) in [5.41, 5.74) is 4.14. The molecule has 2 rings (SSSR count). The van der Waals surface area contributed by atoms with Crippen molar-refractivity contribution in [2.24, 2.45) is 0 Å². The standard InChI is InChI=1S/C14H19N3O2/c1-11(18)12-5-7-13(8-6-12)15-14(19)16-17-9-3-2-4-10-17/h5-8H,2-4,9-10H2,1H3,(H2,15,16,19). The highest BCUT2D eigenvalue weighted by atomic mass is 16.2. The predicted octanol–water partition coefficient (Wildman–Crippen LogP) is 2.41. The first-order valence-electron chi connectivity index (χ1n) is 6.59. The SMILES string of the molecule is CC(=O)c1ccc(NC(=O)NN2CCCCC2)cc1. The van der Waals surface area contributed by atoms with Crippen LogP contribution in [0.3, 0.4) is 0 Å².